The number of rotatable bonds is 1. The molecular weight excluding hydrogens is 272 g/mol. The van der Waals surface area contributed by atoms with Crippen LogP contribution in [0.3, 0.4) is 0 Å². The van der Waals surface area contributed by atoms with Gasteiger partial charge in [-0.2, -0.15) is 0 Å². The third kappa shape index (κ3) is 2.41. The maximum absolute atomic E-state index is 6.24. The minimum atomic E-state index is 0.402. The standard InChI is InChI=1S/C15H21ClN4/c1-15(2,3)11-6-4-10(5-7-11)14-19-18-13-9-17-8-12(16)20(13)14/h8-11H,4-7H2,1-3H3. The van der Waals surface area contributed by atoms with E-state index in [1.807, 2.05) is 4.40 Å². The average molecular weight is 293 g/mol. The average Bonchev–Trinajstić information content (AvgIpc) is 2.83. The van der Waals surface area contributed by atoms with Crippen LogP contribution in [0.15, 0.2) is 12.4 Å². The Morgan fingerprint density at radius 1 is 1.10 bits per heavy atom. The first-order valence-corrected chi connectivity index (χ1v) is 7.69. The Morgan fingerprint density at radius 2 is 1.80 bits per heavy atom. The smallest absolute Gasteiger partial charge is 0.180 e. The molecule has 2 heterocycles. The maximum Gasteiger partial charge on any atom is 0.180 e. The van der Waals surface area contributed by atoms with E-state index in [-0.39, 0.29) is 0 Å². The van der Waals surface area contributed by atoms with Gasteiger partial charge in [0.1, 0.15) is 11.0 Å². The summed E-state index contributed by atoms with van der Waals surface area (Å²) in [6.07, 6.45) is 8.21. The van der Waals surface area contributed by atoms with Gasteiger partial charge in [0, 0.05) is 5.92 Å². The molecule has 1 fully saturated rings. The zero-order chi connectivity index (χ0) is 14.3. The summed E-state index contributed by atoms with van der Waals surface area (Å²) in [5, 5.41) is 9.14. The minimum absolute atomic E-state index is 0.402. The Morgan fingerprint density at radius 3 is 2.45 bits per heavy atom. The van der Waals surface area contributed by atoms with Crippen molar-refractivity contribution in [2.75, 3.05) is 0 Å². The molecule has 108 valence electrons. The molecular formula is C15H21ClN4. The van der Waals surface area contributed by atoms with E-state index in [0.29, 0.717) is 16.5 Å². The molecule has 0 radical (unpaired) electrons. The summed E-state index contributed by atoms with van der Waals surface area (Å²) in [5.41, 5.74) is 1.14. The summed E-state index contributed by atoms with van der Waals surface area (Å²) >= 11 is 6.24. The van der Waals surface area contributed by atoms with E-state index in [2.05, 4.69) is 36.0 Å². The second-order valence-electron chi connectivity index (χ2n) is 6.90. The normalized spacial score (nSPS) is 24.2. The number of fused-ring (bicyclic) bond motifs is 1. The van der Waals surface area contributed by atoms with E-state index >= 15 is 0 Å². The van der Waals surface area contributed by atoms with Crippen molar-refractivity contribution in [3.05, 3.63) is 23.4 Å². The molecule has 0 saturated heterocycles. The van der Waals surface area contributed by atoms with Crippen LogP contribution in [-0.4, -0.2) is 19.6 Å². The highest BCUT2D eigenvalue weighted by Crippen LogP contribution is 2.42. The minimum Gasteiger partial charge on any atom is -0.266 e. The molecule has 1 aliphatic carbocycles. The van der Waals surface area contributed by atoms with Crippen molar-refractivity contribution >= 4 is 17.2 Å². The lowest BCUT2D eigenvalue weighted by Gasteiger charge is -2.36. The fraction of sp³-hybridized carbons (Fsp3) is 0.667. The quantitative estimate of drug-likeness (QED) is 0.795. The summed E-state index contributed by atoms with van der Waals surface area (Å²) in [6, 6.07) is 0. The lowest BCUT2D eigenvalue weighted by molar-refractivity contribution is 0.167. The maximum atomic E-state index is 6.24. The Balaban J connectivity index is 1.84. The van der Waals surface area contributed by atoms with E-state index < -0.39 is 0 Å². The van der Waals surface area contributed by atoms with E-state index in [1.165, 1.54) is 25.7 Å². The molecule has 4 nitrogen and oxygen atoms in total. The van der Waals surface area contributed by atoms with Crippen LogP contribution in [0.2, 0.25) is 5.15 Å². The second-order valence-corrected chi connectivity index (χ2v) is 7.28. The first kappa shape index (κ1) is 13.8. The van der Waals surface area contributed by atoms with E-state index in [4.69, 9.17) is 11.6 Å². The van der Waals surface area contributed by atoms with Crippen LogP contribution in [0.4, 0.5) is 0 Å². The topological polar surface area (TPSA) is 43.1 Å². The first-order chi connectivity index (χ1) is 9.47. The van der Waals surface area contributed by atoms with E-state index in [1.54, 1.807) is 12.4 Å². The van der Waals surface area contributed by atoms with Gasteiger partial charge in [0.2, 0.25) is 0 Å². The van der Waals surface area contributed by atoms with Gasteiger partial charge in [-0.3, -0.25) is 9.38 Å². The number of halogens is 1. The van der Waals surface area contributed by atoms with Gasteiger partial charge in [-0.15, -0.1) is 10.2 Å². The Kier molecular flexibility index (Phi) is 3.44. The Labute approximate surface area is 124 Å². The molecule has 3 rings (SSSR count). The Hall–Kier alpha value is -1.16. The molecule has 0 unspecified atom stereocenters. The third-order valence-corrected chi connectivity index (χ3v) is 4.88. The summed E-state index contributed by atoms with van der Waals surface area (Å²) in [6.45, 7) is 7.02. The first-order valence-electron chi connectivity index (χ1n) is 7.31. The molecule has 2 aromatic heterocycles. The highest BCUT2D eigenvalue weighted by Gasteiger charge is 2.32. The molecule has 1 aliphatic rings. The second kappa shape index (κ2) is 4.99. The Bertz CT molecular complexity index is 606. The van der Waals surface area contributed by atoms with E-state index in [9.17, 15) is 0 Å². The molecule has 20 heavy (non-hydrogen) atoms. The van der Waals surface area contributed by atoms with Crippen LogP contribution < -0.4 is 0 Å². The van der Waals surface area contributed by atoms with Crippen molar-refractivity contribution < 1.29 is 0 Å². The summed E-state index contributed by atoms with van der Waals surface area (Å²) in [5.74, 6) is 2.26. The summed E-state index contributed by atoms with van der Waals surface area (Å²) in [7, 11) is 0. The third-order valence-electron chi connectivity index (χ3n) is 4.61. The summed E-state index contributed by atoms with van der Waals surface area (Å²) in [4.78, 5) is 4.06. The SMILES string of the molecule is CC(C)(C)C1CCC(c2nnc3cncc(Cl)n23)CC1. The van der Waals surface area contributed by atoms with Gasteiger partial charge in [-0.25, -0.2) is 0 Å². The van der Waals surface area contributed by atoms with Crippen molar-refractivity contribution in [1.82, 2.24) is 19.6 Å². The lowest BCUT2D eigenvalue weighted by Crippen LogP contribution is -2.25. The van der Waals surface area contributed by atoms with E-state index in [0.717, 1.165) is 17.4 Å². The number of aromatic nitrogens is 4. The van der Waals surface area contributed by atoms with Gasteiger partial charge >= 0.3 is 0 Å². The van der Waals surface area contributed by atoms with Gasteiger partial charge < -0.3 is 0 Å². The predicted molar refractivity (Wildman–Crippen MR) is 79.9 cm³/mol. The lowest BCUT2D eigenvalue weighted by atomic mass is 9.70. The number of hydrogen-bond acceptors (Lipinski definition) is 3. The molecule has 2 aromatic rings. The molecule has 1 saturated carbocycles. The molecule has 0 spiro atoms. The molecule has 0 aromatic carbocycles. The van der Waals surface area contributed by atoms with Crippen LogP contribution >= 0.6 is 11.6 Å². The van der Waals surface area contributed by atoms with Crippen LogP contribution in [-0.2, 0) is 0 Å². The predicted octanol–water partition coefficient (Wildman–Crippen LogP) is 4.10. The van der Waals surface area contributed by atoms with Gasteiger partial charge in [0.05, 0.1) is 12.4 Å². The van der Waals surface area contributed by atoms with Crippen molar-refractivity contribution in [3.8, 4) is 0 Å². The molecule has 5 heteroatoms. The monoisotopic (exact) mass is 292 g/mol. The van der Waals surface area contributed by atoms with Gasteiger partial charge in [-0.05, 0) is 37.0 Å². The largest absolute Gasteiger partial charge is 0.266 e. The molecule has 0 atom stereocenters. The highest BCUT2D eigenvalue weighted by atomic mass is 35.5. The molecule has 0 bridgehead atoms. The number of hydrogen-bond donors (Lipinski definition) is 0. The van der Waals surface area contributed by atoms with Crippen molar-refractivity contribution in [1.29, 1.82) is 0 Å². The molecule has 0 aliphatic heterocycles. The fourth-order valence-corrected chi connectivity index (χ4v) is 3.55. The van der Waals surface area contributed by atoms with Crippen LogP contribution in [0.1, 0.15) is 58.2 Å². The zero-order valence-corrected chi connectivity index (χ0v) is 13.1. The van der Waals surface area contributed by atoms with Crippen molar-refractivity contribution in [2.45, 2.75) is 52.4 Å². The highest BCUT2D eigenvalue weighted by molar-refractivity contribution is 6.29. The van der Waals surface area contributed by atoms with Crippen LogP contribution in [0.25, 0.3) is 5.65 Å². The van der Waals surface area contributed by atoms with Crippen LogP contribution in [0, 0.1) is 11.3 Å². The van der Waals surface area contributed by atoms with Crippen molar-refractivity contribution in [3.63, 3.8) is 0 Å². The van der Waals surface area contributed by atoms with Gasteiger partial charge in [0.25, 0.3) is 0 Å². The van der Waals surface area contributed by atoms with Crippen molar-refractivity contribution in [2.24, 2.45) is 11.3 Å². The fourth-order valence-electron chi connectivity index (χ4n) is 3.32. The number of nitrogens with zero attached hydrogens (tertiary/aromatic N) is 4. The molecule has 0 N–H and O–H groups in total. The zero-order valence-electron chi connectivity index (χ0n) is 12.3. The summed E-state index contributed by atoms with van der Waals surface area (Å²) < 4.78 is 1.94. The molecule has 0 amide bonds. The van der Waals surface area contributed by atoms with Gasteiger partial charge in [0.15, 0.2) is 5.65 Å². The van der Waals surface area contributed by atoms with Gasteiger partial charge in [-0.1, -0.05) is 32.4 Å². The van der Waals surface area contributed by atoms with Crippen LogP contribution in [0.5, 0.6) is 0 Å².